The first kappa shape index (κ1) is 11.0. The fraction of sp³-hybridized carbons (Fsp3) is 0.462. The van der Waals surface area contributed by atoms with Crippen LogP contribution in [0.1, 0.15) is 53.9 Å². The maximum absolute atomic E-state index is 10.7. The van der Waals surface area contributed by atoms with E-state index in [9.17, 15) is 9.90 Å². The normalized spacial score (nSPS) is 17.2. The molecule has 0 aliphatic heterocycles. The van der Waals surface area contributed by atoms with Crippen LogP contribution in [0.5, 0.6) is 5.75 Å². The number of hydrogen-bond acceptors (Lipinski definition) is 2. The molecule has 3 heteroatoms. The van der Waals surface area contributed by atoms with Crippen molar-refractivity contribution in [2.45, 2.75) is 38.0 Å². The molecular weight excluding hydrogens is 204 g/mol. The van der Waals surface area contributed by atoms with E-state index in [0.717, 1.165) is 18.4 Å². The second-order valence-electron chi connectivity index (χ2n) is 4.42. The zero-order chi connectivity index (χ0) is 11.5. The summed E-state index contributed by atoms with van der Waals surface area (Å²) in [5, 5.41) is 18.4. The van der Waals surface area contributed by atoms with Crippen LogP contribution in [0.2, 0.25) is 0 Å². The molecule has 0 saturated heterocycles. The molecule has 0 atom stereocenters. The Hall–Kier alpha value is -1.51. The number of aromatic carboxylic acids is 1. The van der Waals surface area contributed by atoms with E-state index in [4.69, 9.17) is 5.11 Å². The second kappa shape index (κ2) is 4.56. The number of carboxylic acids is 1. The van der Waals surface area contributed by atoms with Crippen molar-refractivity contribution in [2.75, 3.05) is 0 Å². The van der Waals surface area contributed by atoms with Crippen molar-refractivity contribution in [3.8, 4) is 5.75 Å². The number of carbonyl (C=O) groups is 1. The van der Waals surface area contributed by atoms with Crippen LogP contribution in [-0.4, -0.2) is 16.2 Å². The van der Waals surface area contributed by atoms with E-state index in [1.165, 1.54) is 25.3 Å². The number of aromatic hydroxyl groups is 1. The van der Waals surface area contributed by atoms with Gasteiger partial charge in [-0.2, -0.15) is 0 Å². The highest BCUT2D eigenvalue weighted by Gasteiger charge is 2.17. The zero-order valence-electron chi connectivity index (χ0n) is 9.15. The minimum Gasteiger partial charge on any atom is -0.507 e. The average molecular weight is 220 g/mol. The molecule has 1 aromatic carbocycles. The molecule has 0 radical (unpaired) electrons. The van der Waals surface area contributed by atoms with Crippen LogP contribution in [-0.2, 0) is 0 Å². The summed E-state index contributed by atoms with van der Waals surface area (Å²) >= 11 is 0. The van der Waals surface area contributed by atoms with Crippen molar-refractivity contribution in [3.63, 3.8) is 0 Å². The number of hydrogen-bond donors (Lipinski definition) is 2. The number of rotatable bonds is 2. The average Bonchev–Trinajstić information content (AvgIpc) is 2.29. The molecule has 2 rings (SSSR count). The Morgan fingerprint density at radius 3 is 2.44 bits per heavy atom. The summed E-state index contributed by atoms with van der Waals surface area (Å²) in [6.45, 7) is 0. The summed E-state index contributed by atoms with van der Waals surface area (Å²) in [7, 11) is 0. The van der Waals surface area contributed by atoms with E-state index in [1.807, 2.05) is 6.07 Å². The first-order valence-corrected chi connectivity index (χ1v) is 5.74. The van der Waals surface area contributed by atoms with E-state index in [0.29, 0.717) is 5.92 Å². The largest absolute Gasteiger partial charge is 0.507 e. The number of phenols is 1. The lowest BCUT2D eigenvalue weighted by Gasteiger charge is -2.22. The highest BCUT2D eigenvalue weighted by Crippen LogP contribution is 2.34. The Morgan fingerprint density at radius 2 is 1.88 bits per heavy atom. The Kier molecular flexibility index (Phi) is 3.13. The second-order valence-corrected chi connectivity index (χ2v) is 4.42. The van der Waals surface area contributed by atoms with Gasteiger partial charge in [0.15, 0.2) is 0 Å². The smallest absolute Gasteiger partial charge is 0.339 e. The summed E-state index contributed by atoms with van der Waals surface area (Å²) in [5.41, 5.74) is 1.06. The molecule has 1 aliphatic carbocycles. The van der Waals surface area contributed by atoms with Crippen molar-refractivity contribution in [3.05, 3.63) is 29.3 Å². The SMILES string of the molecule is O=C(O)c1ccc(C2CCCCC2)cc1O. The third-order valence-electron chi connectivity index (χ3n) is 3.33. The maximum atomic E-state index is 10.7. The fourth-order valence-corrected chi connectivity index (χ4v) is 2.42. The van der Waals surface area contributed by atoms with Gasteiger partial charge in [0.05, 0.1) is 0 Å². The summed E-state index contributed by atoms with van der Waals surface area (Å²) in [4.78, 5) is 10.7. The number of benzene rings is 1. The molecule has 3 nitrogen and oxygen atoms in total. The lowest BCUT2D eigenvalue weighted by Crippen LogP contribution is -2.05. The molecule has 0 spiro atoms. The third-order valence-corrected chi connectivity index (χ3v) is 3.33. The molecule has 86 valence electrons. The molecule has 0 amide bonds. The van der Waals surface area contributed by atoms with Crippen molar-refractivity contribution in [1.29, 1.82) is 0 Å². The van der Waals surface area contributed by atoms with Gasteiger partial charge in [-0.15, -0.1) is 0 Å². The quantitative estimate of drug-likeness (QED) is 0.805. The zero-order valence-corrected chi connectivity index (χ0v) is 9.15. The molecule has 0 bridgehead atoms. The van der Waals surface area contributed by atoms with Gasteiger partial charge in [0, 0.05) is 0 Å². The van der Waals surface area contributed by atoms with Crippen LogP contribution in [0.25, 0.3) is 0 Å². The molecule has 1 saturated carbocycles. The summed E-state index contributed by atoms with van der Waals surface area (Å²) in [6, 6.07) is 4.94. The van der Waals surface area contributed by atoms with Gasteiger partial charge in [-0.05, 0) is 36.5 Å². The topological polar surface area (TPSA) is 57.5 Å². The lowest BCUT2D eigenvalue weighted by molar-refractivity contribution is 0.0693. The van der Waals surface area contributed by atoms with Crippen LogP contribution in [0, 0.1) is 0 Å². The summed E-state index contributed by atoms with van der Waals surface area (Å²) < 4.78 is 0. The van der Waals surface area contributed by atoms with Crippen LogP contribution in [0.4, 0.5) is 0 Å². The predicted molar refractivity (Wildman–Crippen MR) is 60.9 cm³/mol. The van der Waals surface area contributed by atoms with Gasteiger partial charge in [-0.1, -0.05) is 25.3 Å². The minimum absolute atomic E-state index is 0.0143. The molecule has 1 fully saturated rings. The van der Waals surface area contributed by atoms with Gasteiger partial charge in [0.2, 0.25) is 0 Å². The van der Waals surface area contributed by atoms with E-state index < -0.39 is 5.97 Å². The van der Waals surface area contributed by atoms with E-state index in [1.54, 1.807) is 6.07 Å². The highest BCUT2D eigenvalue weighted by molar-refractivity contribution is 5.90. The van der Waals surface area contributed by atoms with Gasteiger partial charge in [-0.3, -0.25) is 0 Å². The first-order valence-electron chi connectivity index (χ1n) is 5.74. The molecule has 1 aliphatic rings. The Balaban J connectivity index is 2.23. The molecule has 0 heterocycles. The van der Waals surface area contributed by atoms with Crippen LogP contribution in [0.3, 0.4) is 0 Å². The predicted octanol–water partition coefficient (Wildman–Crippen LogP) is 3.14. The highest BCUT2D eigenvalue weighted by atomic mass is 16.4. The maximum Gasteiger partial charge on any atom is 0.339 e. The van der Waals surface area contributed by atoms with Crippen molar-refractivity contribution in [2.24, 2.45) is 0 Å². The van der Waals surface area contributed by atoms with Crippen LogP contribution < -0.4 is 0 Å². The van der Waals surface area contributed by atoms with Crippen LogP contribution >= 0.6 is 0 Å². The molecule has 16 heavy (non-hydrogen) atoms. The Labute approximate surface area is 94.7 Å². The summed E-state index contributed by atoms with van der Waals surface area (Å²) in [6.07, 6.45) is 6.03. The molecular formula is C13H16O3. The third kappa shape index (κ3) is 2.18. The summed E-state index contributed by atoms with van der Waals surface area (Å²) in [5.74, 6) is -0.703. The van der Waals surface area contributed by atoms with E-state index in [-0.39, 0.29) is 11.3 Å². The van der Waals surface area contributed by atoms with E-state index in [2.05, 4.69) is 0 Å². The minimum atomic E-state index is -1.08. The Bertz CT molecular complexity index is 392. The monoisotopic (exact) mass is 220 g/mol. The Morgan fingerprint density at radius 1 is 1.19 bits per heavy atom. The van der Waals surface area contributed by atoms with Gasteiger partial charge in [0.25, 0.3) is 0 Å². The molecule has 0 unspecified atom stereocenters. The van der Waals surface area contributed by atoms with Crippen LogP contribution in [0.15, 0.2) is 18.2 Å². The van der Waals surface area contributed by atoms with Gasteiger partial charge in [-0.25, -0.2) is 4.79 Å². The van der Waals surface area contributed by atoms with E-state index >= 15 is 0 Å². The van der Waals surface area contributed by atoms with Gasteiger partial charge >= 0.3 is 5.97 Å². The van der Waals surface area contributed by atoms with Crippen molar-refractivity contribution < 1.29 is 15.0 Å². The first-order chi connectivity index (χ1) is 7.68. The molecule has 1 aromatic rings. The lowest BCUT2D eigenvalue weighted by atomic mass is 9.84. The van der Waals surface area contributed by atoms with Crippen molar-refractivity contribution >= 4 is 5.97 Å². The molecule has 0 aromatic heterocycles. The van der Waals surface area contributed by atoms with Gasteiger partial charge < -0.3 is 10.2 Å². The standard InChI is InChI=1S/C13H16O3/c14-12-8-10(6-7-11(12)13(15)16)9-4-2-1-3-5-9/h6-9,14H,1-5H2,(H,15,16). The van der Waals surface area contributed by atoms with Crippen molar-refractivity contribution in [1.82, 2.24) is 0 Å². The molecule has 2 N–H and O–H groups in total. The fourth-order valence-electron chi connectivity index (χ4n) is 2.42. The van der Waals surface area contributed by atoms with Gasteiger partial charge in [0.1, 0.15) is 11.3 Å². The number of carboxylic acid groups (broad SMARTS) is 1.